The zero-order valence-corrected chi connectivity index (χ0v) is 13.5. The normalized spacial score (nSPS) is 17.7. The van der Waals surface area contributed by atoms with E-state index < -0.39 is 10.2 Å². The van der Waals surface area contributed by atoms with Crippen molar-refractivity contribution in [2.45, 2.75) is 19.9 Å². The van der Waals surface area contributed by atoms with Gasteiger partial charge in [0, 0.05) is 45.5 Å². The first-order valence-electron chi connectivity index (χ1n) is 7.01. The maximum atomic E-state index is 12.4. The van der Waals surface area contributed by atoms with Crippen molar-refractivity contribution < 1.29 is 8.42 Å². The van der Waals surface area contributed by atoms with Gasteiger partial charge in [0.05, 0.1) is 17.6 Å². The molecule has 21 heavy (non-hydrogen) atoms. The second-order valence-corrected chi connectivity index (χ2v) is 7.43. The number of hydrogen-bond acceptors (Lipinski definition) is 5. The maximum absolute atomic E-state index is 12.4. The van der Waals surface area contributed by atoms with Gasteiger partial charge in [-0.1, -0.05) is 0 Å². The topological polar surface area (TPSA) is 82.8 Å². The first-order chi connectivity index (χ1) is 9.84. The smallest absolute Gasteiger partial charge is 0.282 e. The highest BCUT2D eigenvalue weighted by molar-refractivity contribution is 7.86. The van der Waals surface area contributed by atoms with Gasteiger partial charge in [0.1, 0.15) is 0 Å². The molecule has 0 unspecified atom stereocenters. The van der Waals surface area contributed by atoms with E-state index in [-0.39, 0.29) is 6.04 Å². The third kappa shape index (κ3) is 3.28. The monoisotopic (exact) mass is 313 g/mol. The third-order valence-electron chi connectivity index (χ3n) is 3.82. The van der Waals surface area contributed by atoms with Gasteiger partial charge in [0.15, 0.2) is 0 Å². The van der Waals surface area contributed by atoms with Crippen molar-refractivity contribution >= 4 is 21.6 Å². The summed E-state index contributed by atoms with van der Waals surface area (Å²) in [6.07, 6.45) is 3.31. The van der Waals surface area contributed by atoms with Crippen molar-refractivity contribution in [2.24, 2.45) is 0 Å². The van der Waals surface area contributed by atoms with Gasteiger partial charge in [-0.25, -0.2) is 0 Å². The molecular formula is C13H23N5O2S. The molecule has 2 rings (SSSR count). The summed E-state index contributed by atoms with van der Waals surface area (Å²) in [5, 5.41) is 0. The molecule has 0 spiro atoms. The summed E-state index contributed by atoms with van der Waals surface area (Å²) in [6.45, 7) is 5.90. The molecule has 1 aliphatic heterocycles. The van der Waals surface area contributed by atoms with Crippen LogP contribution in [0.5, 0.6) is 0 Å². The Kier molecular flexibility index (Phi) is 4.70. The molecule has 8 heteroatoms. The number of anilines is 2. The number of pyridine rings is 1. The van der Waals surface area contributed by atoms with E-state index in [0.29, 0.717) is 31.9 Å². The molecule has 0 saturated carbocycles. The van der Waals surface area contributed by atoms with Crippen LogP contribution >= 0.6 is 0 Å². The van der Waals surface area contributed by atoms with E-state index in [1.165, 1.54) is 8.61 Å². The van der Waals surface area contributed by atoms with E-state index in [2.05, 4.69) is 9.88 Å². The molecule has 1 saturated heterocycles. The Morgan fingerprint density at radius 2 is 1.90 bits per heavy atom. The predicted molar refractivity (Wildman–Crippen MR) is 84.3 cm³/mol. The van der Waals surface area contributed by atoms with Crippen LogP contribution in [-0.2, 0) is 10.2 Å². The fourth-order valence-corrected chi connectivity index (χ4v) is 3.82. The van der Waals surface area contributed by atoms with Crippen LogP contribution < -0.4 is 10.6 Å². The van der Waals surface area contributed by atoms with Crippen LogP contribution in [-0.4, -0.2) is 61.3 Å². The van der Waals surface area contributed by atoms with Gasteiger partial charge in [0.2, 0.25) is 0 Å². The maximum Gasteiger partial charge on any atom is 0.282 e. The Hall–Kier alpha value is -1.38. The number of hydrogen-bond donors (Lipinski definition) is 1. The number of nitrogens with two attached hydrogens (primary N) is 1. The lowest BCUT2D eigenvalue weighted by molar-refractivity contribution is 0.323. The fourth-order valence-electron chi connectivity index (χ4n) is 2.30. The molecule has 118 valence electrons. The Morgan fingerprint density at radius 3 is 2.43 bits per heavy atom. The molecule has 1 fully saturated rings. The Balaban J connectivity index is 2.06. The van der Waals surface area contributed by atoms with E-state index in [4.69, 9.17) is 5.73 Å². The van der Waals surface area contributed by atoms with Crippen LogP contribution in [0.15, 0.2) is 18.5 Å². The molecule has 2 N–H and O–H groups in total. The highest BCUT2D eigenvalue weighted by atomic mass is 32.2. The standard InChI is InChI=1S/C13H23N5O2S/c1-11(2)16(3)21(19,20)18-8-6-17(7-9-18)13-4-5-15-10-12(13)14/h4-5,10-11H,6-9,14H2,1-3H3. The predicted octanol–water partition coefficient (Wildman–Crippen LogP) is 0.371. The van der Waals surface area contributed by atoms with Crippen LogP contribution in [0.25, 0.3) is 0 Å². The summed E-state index contributed by atoms with van der Waals surface area (Å²) >= 11 is 0. The lowest BCUT2D eigenvalue weighted by atomic mass is 10.2. The molecule has 1 aromatic heterocycles. The average molecular weight is 313 g/mol. The summed E-state index contributed by atoms with van der Waals surface area (Å²) in [7, 11) is -1.76. The van der Waals surface area contributed by atoms with Crippen LogP contribution in [0.1, 0.15) is 13.8 Å². The van der Waals surface area contributed by atoms with Gasteiger partial charge in [-0.15, -0.1) is 0 Å². The fraction of sp³-hybridized carbons (Fsp3) is 0.615. The summed E-state index contributed by atoms with van der Waals surface area (Å²) < 4.78 is 27.8. The summed E-state index contributed by atoms with van der Waals surface area (Å²) in [5.41, 5.74) is 7.45. The molecule has 0 aromatic carbocycles. The molecule has 0 radical (unpaired) electrons. The van der Waals surface area contributed by atoms with Crippen molar-refractivity contribution in [1.82, 2.24) is 13.6 Å². The lowest BCUT2D eigenvalue weighted by Crippen LogP contribution is -2.53. The zero-order chi connectivity index (χ0) is 15.6. The van der Waals surface area contributed by atoms with Crippen molar-refractivity contribution in [2.75, 3.05) is 43.9 Å². The number of aromatic nitrogens is 1. The Labute approximate surface area is 126 Å². The SMILES string of the molecule is CC(C)N(C)S(=O)(=O)N1CCN(c2ccncc2N)CC1. The summed E-state index contributed by atoms with van der Waals surface area (Å²) in [6, 6.07) is 1.81. The molecule has 2 heterocycles. The average Bonchev–Trinajstić information content (AvgIpc) is 2.47. The molecular weight excluding hydrogens is 290 g/mol. The molecule has 0 aliphatic carbocycles. The van der Waals surface area contributed by atoms with Crippen molar-refractivity contribution in [3.8, 4) is 0 Å². The quantitative estimate of drug-likeness (QED) is 0.868. The van der Waals surface area contributed by atoms with Gasteiger partial charge >= 0.3 is 0 Å². The number of rotatable bonds is 4. The van der Waals surface area contributed by atoms with Gasteiger partial charge in [-0.2, -0.15) is 17.0 Å². The van der Waals surface area contributed by atoms with Crippen molar-refractivity contribution in [1.29, 1.82) is 0 Å². The van der Waals surface area contributed by atoms with E-state index in [0.717, 1.165) is 5.69 Å². The van der Waals surface area contributed by atoms with Gasteiger partial charge < -0.3 is 10.6 Å². The van der Waals surface area contributed by atoms with Gasteiger partial charge in [0.25, 0.3) is 10.2 Å². The zero-order valence-electron chi connectivity index (χ0n) is 12.7. The number of nitrogen functional groups attached to an aromatic ring is 1. The molecule has 1 aromatic rings. The minimum atomic E-state index is -3.38. The molecule has 0 amide bonds. The van der Waals surface area contributed by atoms with Crippen molar-refractivity contribution in [3.63, 3.8) is 0 Å². The van der Waals surface area contributed by atoms with Crippen LogP contribution in [0.2, 0.25) is 0 Å². The van der Waals surface area contributed by atoms with E-state index in [1.54, 1.807) is 19.4 Å². The molecule has 0 atom stereocenters. The largest absolute Gasteiger partial charge is 0.396 e. The van der Waals surface area contributed by atoms with Crippen LogP contribution in [0.4, 0.5) is 11.4 Å². The van der Waals surface area contributed by atoms with E-state index in [9.17, 15) is 8.42 Å². The molecule has 1 aliphatic rings. The van der Waals surface area contributed by atoms with E-state index >= 15 is 0 Å². The van der Waals surface area contributed by atoms with E-state index in [1.807, 2.05) is 19.9 Å². The molecule has 0 bridgehead atoms. The summed E-state index contributed by atoms with van der Waals surface area (Å²) in [5.74, 6) is 0. The lowest BCUT2D eigenvalue weighted by Gasteiger charge is -2.38. The van der Waals surface area contributed by atoms with Crippen LogP contribution in [0.3, 0.4) is 0 Å². The van der Waals surface area contributed by atoms with Crippen LogP contribution in [0, 0.1) is 0 Å². The first kappa shape index (κ1) is 16.0. The van der Waals surface area contributed by atoms with Gasteiger partial charge in [-0.05, 0) is 19.9 Å². The minimum Gasteiger partial charge on any atom is -0.396 e. The third-order valence-corrected chi connectivity index (χ3v) is 5.99. The Bertz CT molecular complexity index is 582. The Morgan fingerprint density at radius 1 is 1.29 bits per heavy atom. The highest BCUT2D eigenvalue weighted by Gasteiger charge is 2.31. The van der Waals surface area contributed by atoms with Crippen molar-refractivity contribution in [3.05, 3.63) is 18.5 Å². The number of nitrogens with zero attached hydrogens (tertiary/aromatic N) is 4. The van der Waals surface area contributed by atoms with Gasteiger partial charge in [-0.3, -0.25) is 4.98 Å². The second kappa shape index (κ2) is 6.17. The highest BCUT2D eigenvalue weighted by Crippen LogP contribution is 2.23. The first-order valence-corrected chi connectivity index (χ1v) is 8.41. The molecule has 7 nitrogen and oxygen atoms in total. The number of piperazine rings is 1. The summed E-state index contributed by atoms with van der Waals surface area (Å²) in [4.78, 5) is 6.07. The minimum absolute atomic E-state index is 0.0520. The second-order valence-electron chi connectivity index (χ2n) is 5.44.